The average molecular weight is 563 g/mol. The molecular formula is C25H44O8SSi2. The Hall–Kier alpha value is -0.636. The van der Waals surface area contributed by atoms with Crippen LogP contribution in [0.3, 0.4) is 0 Å². The summed E-state index contributed by atoms with van der Waals surface area (Å²) in [6.07, 6.45) is -2.37. The molecule has 36 heavy (non-hydrogen) atoms. The van der Waals surface area contributed by atoms with Crippen LogP contribution in [0.2, 0.25) is 22.2 Å². The molecule has 2 aliphatic heterocycles. The van der Waals surface area contributed by atoms with E-state index in [4.69, 9.17) is 23.3 Å². The molecule has 3 rings (SSSR count). The highest BCUT2D eigenvalue weighted by Crippen LogP contribution is 2.49. The second-order valence-electron chi connectivity index (χ2n) is 11.3. The summed E-state index contributed by atoms with van der Waals surface area (Å²) in [6, 6.07) is 6.37. The van der Waals surface area contributed by atoms with E-state index >= 15 is 0 Å². The second-order valence-corrected chi connectivity index (χ2v) is 21.8. The Morgan fingerprint density at radius 2 is 1.56 bits per heavy atom. The number of hydrogen-bond acceptors (Lipinski definition) is 8. The average Bonchev–Trinajstić information content (AvgIpc) is 3.01. The van der Waals surface area contributed by atoms with Crippen molar-refractivity contribution in [2.45, 2.75) is 107 Å². The smallest absolute Gasteiger partial charge is 0.335 e. The van der Waals surface area contributed by atoms with E-state index in [9.17, 15) is 13.5 Å². The number of hydrogen-bond donors (Lipinski definition) is 1. The van der Waals surface area contributed by atoms with Crippen LogP contribution in [0.25, 0.3) is 0 Å². The summed E-state index contributed by atoms with van der Waals surface area (Å²) in [7, 11) is -10.2. The molecule has 2 fully saturated rings. The lowest BCUT2D eigenvalue weighted by atomic mass is 9.98. The molecule has 0 aliphatic carbocycles. The molecule has 1 unspecified atom stereocenters. The predicted molar refractivity (Wildman–Crippen MR) is 143 cm³/mol. The Morgan fingerprint density at radius 1 is 1.03 bits per heavy atom. The molecule has 0 spiro atoms. The molecule has 2 aliphatic rings. The molecule has 0 radical (unpaired) electrons. The maximum absolute atomic E-state index is 13.1. The van der Waals surface area contributed by atoms with Gasteiger partial charge in [-0.1, -0.05) is 73.1 Å². The van der Waals surface area contributed by atoms with Crippen molar-refractivity contribution in [1.29, 1.82) is 0 Å². The van der Waals surface area contributed by atoms with Gasteiger partial charge >= 0.3 is 17.1 Å². The Balaban J connectivity index is 2.10. The molecule has 0 aromatic heterocycles. The first-order valence-electron chi connectivity index (χ1n) is 13.4. The monoisotopic (exact) mass is 562 g/mol. The molecule has 2 saturated heterocycles. The molecular weight excluding hydrogens is 517 g/mol. The van der Waals surface area contributed by atoms with Crippen LogP contribution in [0.1, 0.15) is 62.3 Å². The van der Waals surface area contributed by atoms with E-state index in [0.717, 1.165) is 5.56 Å². The molecule has 1 aromatic carbocycles. The molecule has 4 atom stereocenters. The van der Waals surface area contributed by atoms with Crippen molar-refractivity contribution in [3.8, 4) is 0 Å². The van der Waals surface area contributed by atoms with Crippen LogP contribution in [-0.2, 0) is 32.0 Å². The third-order valence-electron chi connectivity index (χ3n) is 7.43. The molecule has 11 heteroatoms. The van der Waals surface area contributed by atoms with Crippen molar-refractivity contribution in [3.63, 3.8) is 0 Å². The summed E-state index contributed by atoms with van der Waals surface area (Å²) in [5.74, 6) is 0. The van der Waals surface area contributed by atoms with Crippen LogP contribution in [0.15, 0.2) is 29.2 Å². The van der Waals surface area contributed by atoms with Crippen LogP contribution in [0, 0.1) is 6.92 Å². The largest absolute Gasteiger partial charge is 0.414 e. The molecule has 1 aromatic rings. The second kappa shape index (κ2) is 10.9. The van der Waals surface area contributed by atoms with Gasteiger partial charge in [0.25, 0.3) is 10.1 Å². The first-order valence-corrected chi connectivity index (χ1v) is 18.1. The highest BCUT2D eigenvalue weighted by atomic mass is 32.2. The first kappa shape index (κ1) is 28.4. The number of benzene rings is 1. The van der Waals surface area contributed by atoms with Crippen LogP contribution < -0.4 is 0 Å². The molecule has 8 nitrogen and oxygen atoms in total. The summed E-state index contributed by atoms with van der Waals surface area (Å²) in [6.45, 7) is 16.5. The minimum absolute atomic E-state index is 0.00883. The van der Waals surface area contributed by atoms with Crippen LogP contribution >= 0.6 is 0 Å². The van der Waals surface area contributed by atoms with Gasteiger partial charge in [0.2, 0.25) is 0 Å². The van der Waals surface area contributed by atoms with E-state index in [-0.39, 0.29) is 33.7 Å². The van der Waals surface area contributed by atoms with Gasteiger partial charge in [-0.2, -0.15) is 8.42 Å². The molecule has 2 heterocycles. The Labute approximate surface area is 220 Å². The van der Waals surface area contributed by atoms with Gasteiger partial charge in [-0.15, -0.1) is 0 Å². The van der Waals surface area contributed by atoms with Gasteiger partial charge in [0.1, 0.15) is 24.4 Å². The van der Waals surface area contributed by atoms with Crippen molar-refractivity contribution in [1.82, 2.24) is 0 Å². The van der Waals surface area contributed by atoms with Gasteiger partial charge in [0.05, 0.1) is 19.5 Å². The maximum atomic E-state index is 13.1. The van der Waals surface area contributed by atoms with Gasteiger partial charge in [-0.05, 0) is 41.2 Å². The summed E-state index contributed by atoms with van der Waals surface area (Å²) in [4.78, 5) is 0.0178. The number of aliphatic hydroxyl groups is 1. The quantitative estimate of drug-likeness (QED) is 0.357. The Morgan fingerprint density at radius 3 is 2.06 bits per heavy atom. The van der Waals surface area contributed by atoms with Crippen LogP contribution in [0.5, 0.6) is 0 Å². The molecule has 1 N–H and O–H groups in total. The maximum Gasteiger partial charge on any atom is 0.335 e. The van der Waals surface area contributed by atoms with E-state index in [0.29, 0.717) is 0 Å². The minimum Gasteiger partial charge on any atom is -0.414 e. The third kappa shape index (κ3) is 5.41. The zero-order valence-electron chi connectivity index (χ0n) is 24.0. The summed E-state index contributed by atoms with van der Waals surface area (Å²) in [5.41, 5.74) is -0.479. The van der Waals surface area contributed by atoms with Crippen LogP contribution in [-0.4, -0.2) is 68.3 Å². The van der Waals surface area contributed by atoms with E-state index in [1.807, 2.05) is 34.6 Å². The minimum atomic E-state index is -4.14. The zero-order chi connectivity index (χ0) is 28.0. The van der Waals surface area contributed by atoms with E-state index in [1.54, 1.807) is 12.1 Å². The topological polar surface area (TPSA) is 101 Å². The van der Waals surface area contributed by atoms with Crippen molar-refractivity contribution >= 4 is 27.2 Å². The number of fused-ring (bicyclic) bond motifs is 1. The number of aliphatic hydroxyl groups excluding tert-OH is 1. The summed E-state index contributed by atoms with van der Waals surface area (Å²) >= 11 is 0. The number of ether oxygens (including phenoxy) is 1. The Kier molecular flexibility index (Phi) is 8.56. The van der Waals surface area contributed by atoms with Gasteiger partial charge in [-0.25, -0.2) is 0 Å². The fourth-order valence-electron chi connectivity index (χ4n) is 5.20. The SMILES string of the molecule is [3H][C@@H]1O[C@]2(COS(=O)(=O)c3ccc(C)cc3)CO[Si](C(C)C)(C(C)C)O[Si](C(C)C)(C(C)C)OC2[C@@H]1O. The predicted octanol–water partition coefficient (Wildman–Crippen LogP) is 4.79. The molecule has 206 valence electrons. The fourth-order valence-corrected chi connectivity index (χ4v) is 17.5. The summed E-state index contributed by atoms with van der Waals surface area (Å²) in [5, 5.41) is 11.1. The molecule has 0 amide bonds. The van der Waals surface area contributed by atoms with Gasteiger partial charge in [0, 0.05) is 0 Å². The highest BCUT2D eigenvalue weighted by Gasteiger charge is 2.64. The lowest BCUT2D eigenvalue weighted by Gasteiger charge is -2.53. The lowest BCUT2D eigenvalue weighted by molar-refractivity contribution is -0.124. The van der Waals surface area contributed by atoms with E-state index in [1.165, 1.54) is 12.1 Å². The normalized spacial score (nSPS) is 30.9. The van der Waals surface area contributed by atoms with Crippen molar-refractivity contribution in [2.24, 2.45) is 0 Å². The molecule has 0 bridgehead atoms. The van der Waals surface area contributed by atoms with Crippen LogP contribution in [0.4, 0.5) is 0 Å². The Bertz CT molecular complexity index is 1020. The van der Waals surface area contributed by atoms with Crippen molar-refractivity contribution < 1.29 is 36.8 Å². The third-order valence-corrected chi connectivity index (χ3v) is 18.9. The fraction of sp³-hybridized carbons (Fsp3) is 0.760. The van der Waals surface area contributed by atoms with Crippen molar-refractivity contribution in [3.05, 3.63) is 29.8 Å². The molecule has 0 saturated carbocycles. The number of aryl methyl sites for hydroxylation is 1. The van der Waals surface area contributed by atoms with Gasteiger partial charge in [-0.3, -0.25) is 4.18 Å². The van der Waals surface area contributed by atoms with Gasteiger partial charge in [0.15, 0.2) is 0 Å². The number of rotatable bonds is 8. The lowest BCUT2D eigenvalue weighted by Crippen LogP contribution is -2.69. The standard InChI is InChI=1S/C25H44O8SSi2/c1-17(2)35(18(3)4)31-16-25(15-30-34(27,28)22-12-10-21(9)11-13-22)24(23(26)14-29-25)32-36(33-35,19(5)6)20(7)8/h10-13,17-20,23-24,26H,14-16H2,1-9H3/t23-,24?,25-/m1/s1/i14T/t14-,23+,24?,25+/m0. The zero-order valence-corrected chi connectivity index (χ0v) is 25.8. The first-order chi connectivity index (χ1) is 17.0. The van der Waals surface area contributed by atoms with Gasteiger partial charge < -0.3 is 22.8 Å². The van der Waals surface area contributed by atoms with E-state index < -0.39 is 58.2 Å². The summed E-state index contributed by atoms with van der Waals surface area (Å²) < 4.78 is 66.9. The highest BCUT2D eigenvalue weighted by molar-refractivity contribution is 7.86. The van der Waals surface area contributed by atoms with Crippen molar-refractivity contribution in [2.75, 3.05) is 19.8 Å². The van der Waals surface area contributed by atoms with E-state index in [2.05, 4.69) is 27.7 Å².